The molecule has 1 atom stereocenters. The standard InChI is InChI=1S/C14H23N3O3S/c1-2-7-16-13-6-8-15-10-14(13)21(19,20)17-9-4-3-5-12(17)11-18/h6,8,10,12,18H,2-5,7,9,11H2,1H3,(H,15,16). The van der Waals surface area contributed by atoms with Gasteiger partial charge in [-0.15, -0.1) is 0 Å². The quantitative estimate of drug-likeness (QED) is 0.830. The number of hydrogen-bond donors (Lipinski definition) is 2. The van der Waals surface area contributed by atoms with Gasteiger partial charge in [-0.05, 0) is 25.3 Å². The summed E-state index contributed by atoms with van der Waals surface area (Å²) in [4.78, 5) is 4.15. The van der Waals surface area contributed by atoms with Crippen molar-refractivity contribution >= 4 is 15.7 Å². The maximum absolute atomic E-state index is 12.9. The number of aromatic nitrogens is 1. The molecule has 0 spiro atoms. The van der Waals surface area contributed by atoms with E-state index in [4.69, 9.17) is 0 Å². The van der Waals surface area contributed by atoms with Crippen LogP contribution >= 0.6 is 0 Å². The molecule has 0 bridgehead atoms. The summed E-state index contributed by atoms with van der Waals surface area (Å²) in [6.07, 6.45) is 6.35. The summed E-state index contributed by atoms with van der Waals surface area (Å²) in [5, 5.41) is 12.6. The van der Waals surface area contributed by atoms with E-state index in [0.29, 0.717) is 25.2 Å². The van der Waals surface area contributed by atoms with Crippen LogP contribution in [0.5, 0.6) is 0 Å². The second-order valence-electron chi connectivity index (χ2n) is 5.25. The Morgan fingerprint density at radius 3 is 3.00 bits per heavy atom. The predicted molar refractivity (Wildman–Crippen MR) is 81.6 cm³/mol. The van der Waals surface area contributed by atoms with Crippen molar-refractivity contribution in [3.63, 3.8) is 0 Å². The molecule has 1 aromatic heterocycles. The molecule has 2 N–H and O–H groups in total. The maximum Gasteiger partial charge on any atom is 0.247 e. The van der Waals surface area contributed by atoms with E-state index in [2.05, 4.69) is 10.3 Å². The summed E-state index contributed by atoms with van der Waals surface area (Å²) in [6, 6.07) is 1.35. The Morgan fingerprint density at radius 2 is 2.29 bits per heavy atom. The molecule has 7 heteroatoms. The second kappa shape index (κ2) is 7.20. The Bertz CT molecular complexity index is 562. The van der Waals surface area contributed by atoms with Crippen LogP contribution in [0.4, 0.5) is 5.69 Å². The highest BCUT2D eigenvalue weighted by atomic mass is 32.2. The number of nitrogens with zero attached hydrogens (tertiary/aromatic N) is 2. The molecular formula is C14H23N3O3S. The van der Waals surface area contributed by atoms with Crippen molar-refractivity contribution in [3.05, 3.63) is 18.5 Å². The number of aliphatic hydroxyl groups is 1. The molecule has 2 rings (SSSR count). The number of anilines is 1. The van der Waals surface area contributed by atoms with Gasteiger partial charge >= 0.3 is 0 Å². The van der Waals surface area contributed by atoms with Crippen LogP contribution in [0.15, 0.2) is 23.4 Å². The van der Waals surface area contributed by atoms with Gasteiger partial charge < -0.3 is 10.4 Å². The van der Waals surface area contributed by atoms with E-state index in [1.165, 1.54) is 10.5 Å². The topological polar surface area (TPSA) is 82.5 Å². The Morgan fingerprint density at radius 1 is 1.48 bits per heavy atom. The Kier molecular flexibility index (Phi) is 5.55. The number of nitrogens with one attached hydrogen (secondary N) is 1. The van der Waals surface area contributed by atoms with E-state index < -0.39 is 10.0 Å². The van der Waals surface area contributed by atoms with Gasteiger partial charge in [-0.25, -0.2) is 8.42 Å². The van der Waals surface area contributed by atoms with Gasteiger partial charge in [-0.1, -0.05) is 13.3 Å². The van der Waals surface area contributed by atoms with Crippen LogP contribution in [-0.4, -0.2) is 48.6 Å². The highest BCUT2D eigenvalue weighted by Crippen LogP contribution is 2.28. The molecule has 0 aliphatic carbocycles. The van der Waals surface area contributed by atoms with Crippen LogP contribution in [0.3, 0.4) is 0 Å². The monoisotopic (exact) mass is 313 g/mol. The molecule has 2 heterocycles. The third-order valence-electron chi connectivity index (χ3n) is 3.72. The fourth-order valence-corrected chi connectivity index (χ4v) is 4.39. The smallest absolute Gasteiger partial charge is 0.247 e. The minimum Gasteiger partial charge on any atom is -0.395 e. The van der Waals surface area contributed by atoms with Crippen molar-refractivity contribution in [2.75, 3.05) is 25.0 Å². The van der Waals surface area contributed by atoms with E-state index in [1.54, 1.807) is 12.3 Å². The van der Waals surface area contributed by atoms with Crippen molar-refractivity contribution in [1.29, 1.82) is 0 Å². The highest BCUT2D eigenvalue weighted by Gasteiger charge is 2.34. The number of rotatable bonds is 6. The first-order valence-electron chi connectivity index (χ1n) is 7.41. The first-order valence-corrected chi connectivity index (χ1v) is 8.85. The fraction of sp³-hybridized carbons (Fsp3) is 0.643. The van der Waals surface area contributed by atoms with Crippen molar-refractivity contribution in [3.8, 4) is 0 Å². The summed E-state index contributed by atoms with van der Waals surface area (Å²) in [6.45, 7) is 3.04. The SMILES string of the molecule is CCCNc1ccncc1S(=O)(=O)N1CCCCC1CO. The normalized spacial score (nSPS) is 20.4. The third kappa shape index (κ3) is 3.53. The summed E-state index contributed by atoms with van der Waals surface area (Å²) >= 11 is 0. The lowest BCUT2D eigenvalue weighted by Gasteiger charge is -2.33. The first kappa shape index (κ1) is 16.2. The molecule has 0 amide bonds. The molecule has 1 aliphatic heterocycles. The van der Waals surface area contributed by atoms with Crippen molar-refractivity contribution < 1.29 is 13.5 Å². The molecule has 1 aliphatic rings. The molecular weight excluding hydrogens is 290 g/mol. The molecule has 21 heavy (non-hydrogen) atoms. The van der Waals surface area contributed by atoms with Gasteiger partial charge in [-0.3, -0.25) is 4.98 Å². The number of pyridine rings is 1. The first-order chi connectivity index (χ1) is 10.1. The second-order valence-corrected chi connectivity index (χ2v) is 7.11. The van der Waals surface area contributed by atoms with Crippen molar-refractivity contribution in [2.24, 2.45) is 0 Å². The van der Waals surface area contributed by atoms with Gasteiger partial charge in [0.2, 0.25) is 10.0 Å². The lowest BCUT2D eigenvalue weighted by molar-refractivity contribution is 0.155. The van der Waals surface area contributed by atoms with Crippen LogP contribution in [0.2, 0.25) is 0 Å². The number of sulfonamides is 1. The molecule has 0 aromatic carbocycles. The van der Waals surface area contributed by atoms with E-state index in [1.807, 2.05) is 6.92 Å². The molecule has 6 nitrogen and oxygen atoms in total. The van der Waals surface area contributed by atoms with Crippen LogP contribution in [0.1, 0.15) is 32.6 Å². The average Bonchev–Trinajstić information content (AvgIpc) is 2.53. The minimum atomic E-state index is -3.64. The Labute approximate surface area is 126 Å². The van der Waals surface area contributed by atoms with E-state index in [9.17, 15) is 13.5 Å². The molecule has 0 radical (unpaired) electrons. The summed E-state index contributed by atoms with van der Waals surface area (Å²) in [5.41, 5.74) is 0.578. The lowest BCUT2D eigenvalue weighted by Crippen LogP contribution is -2.45. The molecule has 1 aromatic rings. The molecule has 1 saturated heterocycles. The summed E-state index contributed by atoms with van der Waals surface area (Å²) < 4.78 is 27.2. The molecule has 0 saturated carbocycles. The Hall–Kier alpha value is -1.18. The summed E-state index contributed by atoms with van der Waals surface area (Å²) in [7, 11) is -3.64. The zero-order chi connectivity index (χ0) is 15.3. The molecule has 1 unspecified atom stereocenters. The van der Waals surface area contributed by atoms with Gasteiger partial charge in [-0.2, -0.15) is 4.31 Å². The van der Waals surface area contributed by atoms with Gasteiger partial charge in [0.05, 0.1) is 12.3 Å². The van der Waals surface area contributed by atoms with Crippen LogP contribution in [0.25, 0.3) is 0 Å². The zero-order valence-electron chi connectivity index (χ0n) is 12.3. The molecule has 118 valence electrons. The Balaban J connectivity index is 2.34. The number of aliphatic hydroxyl groups excluding tert-OH is 1. The van der Waals surface area contributed by atoms with E-state index in [0.717, 1.165) is 19.3 Å². The average molecular weight is 313 g/mol. The fourth-order valence-electron chi connectivity index (χ4n) is 2.59. The van der Waals surface area contributed by atoms with Gasteiger partial charge in [0.25, 0.3) is 0 Å². The third-order valence-corrected chi connectivity index (χ3v) is 5.70. The van der Waals surface area contributed by atoms with E-state index in [-0.39, 0.29) is 17.5 Å². The largest absolute Gasteiger partial charge is 0.395 e. The molecule has 1 fully saturated rings. The van der Waals surface area contributed by atoms with Gasteiger partial charge in [0.1, 0.15) is 4.90 Å². The van der Waals surface area contributed by atoms with Crippen molar-refractivity contribution in [1.82, 2.24) is 9.29 Å². The highest BCUT2D eigenvalue weighted by molar-refractivity contribution is 7.89. The minimum absolute atomic E-state index is 0.142. The van der Waals surface area contributed by atoms with Crippen LogP contribution in [0, 0.1) is 0 Å². The number of piperidine rings is 1. The summed E-state index contributed by atoms with van der Waals surface area (Å²) in [5.74, 6) is 0. The predicted octanol–water partition coefficient (Wildman–Crippen LogP) is 1.44. The van der Waals surface area contributed by atoms with Crippen LogP contribution < -0.4 is 5.32 Å². The van der Waals surface area contributed by atoms with E-state index >= 15 is 0 Å². The van der Waals surface area contributed by atoms with Gasteiger partial charge in [0.15, 0.2) is 0 Å². The maximum atomic E-state index is 12.9. The van der Waals surface area contributed by atoms with Gasteiger partial charge in [0, 0.05) is 31.5 Å². The van der Waals surface area contributed by atoms with Crippen molar-refractivity contribution in [2.45, 2.75) is 43.5 Å². The number of hydrogen-bond acceptors (Lipinski definition) is 5. The zero-order valence-corrected chi connectivity index (χ0v) is 13.1. The van der Waals surface area contributed by atoms with Crippen LogP contribution in [-0.2, 0) is 10.0 Å². The lowest BCUT2D eigenvalue weighted by atomic mass is 10.1.